The number of carbonyl (C=O) groups excluding carboxylic acids is 3. The minimum absolute atomic E-state index is 0.114. The number of hydrogen-bond acceptors (Lipinski definition) is 6. The maximum atomic E-state index is 13.4. The van der Waals surface area contributed by atoms with Crippen LogP contribution in [0.3, 0.4) is 0 Å². The fourth-order valence-electron chi connectivity index (χ4n) is 4.38. The number of fused-ring (bicyclic) bond motifs is 1. The maximum absolute atomic E-state index is 13.4. The minimum Gasteiger partial charge on any atom is -0.454 e. The molecular weight excluding hydrogens is 574 g/mol. The van der Waals surface area contributed by atoms with E-state index < -0.39 is 5.91 Å². The van der Waals surface area contributed by atoms with Gasteiger partial charge in [0.15, 0.2) is 11.5 Å². The largest absolute Gasteiger partial charge is 0.454 e. The van der Waals surface area contributed by atoms with Crippen molar-refractivity contribution >= 4 is 46.9 Å². The molecule has 0 saturated carbocycles. The highest BCUT2D eigenvalue weighted by atomic mass is 32.2. The molecule has 1 aliphatic rings. The molecule has 3 N–H and O–H groups in total. The Morgan fingerprint density at radius 2 is 1.45 bits per heavy atom. The third kappa shape index (κ3) is 7.87. The van der Waals surface area contributed by atoms with E-state index >= 15 is 0 Å². The topological polar surface area (TPSA) is 106 Å². The molecule has 5 rings (SSSR count). The van der Waals surface area contributed by atoms with Gasteiger partial charge in [-0.05, 0) is 78.6 Å². The second kappa shape index (κ2) is 14.0. The van der Waals surface area contributed by atoms with Gasteiger partial charge >= 0.3 is 0 Å². The average molecular weight is 608 g/mol. The first-order valence-corrected chi connectivity index (χ1v) is 15.1. The van der Waals surface area contributed by atoms with Crippen LogP contribution >= 0.6 is 11.8 Å². The van der Waals surface area contributed by atoms with Crippen molar-refractivity contribution in [1.82, 2.24) is 5.32 Å². The van der Waals surface area contributed by atoms with E-state index in [2.05, 4.69) is 29.8 Å². The van der Waals surface area contributed by atoms with Gasteiger partial charge in [-0.15, -0.1) is 11.8 Å². The van der Waals surface area contributed by atoms with Crippen LogP contribution in [-0.4, -0.2) is 29.8 Å². The Labute approximate surface area is 260 Å². The molecule has 4 aromatic rings. The number of anilines is 2. The number of amides is 3. The summed E-state index contributed by atoms with van der Waals surface area (Å²) in [6, 6.07) is 29.1. The SMILES string of the molecule is CC(Sc1ccc(NC(=O)/C(=C/c2ccc(C(C)C)cc2)NC(=O)c2ccccc2)cc1)C(=O)Nc1ccc2c(c1)OCO2. The van der Waals surface area contributed by atoms with Crippen LogP contribution in [0, 0.1) is 0 Å². The summed E-state index contributed by atoms with van der Waals surface area (Å²) in [5.41, 5.74) is 3.70. The van der Waals surface area contributed by atoms with E-state index in [0.29, 0.717) is 34.4 Å². The van der Waals surface area contributed by atoms with Crippen molar-refractivity contribution in [2.24, 2.45) is 0 Å². The Bertz CT molecular complexity index is 1670. The molecule has 1 atom stereocenters. The summed E-state index contributed by atoms with van der Waals surface area (Å²) in [4.78, 5) is 40.0. The van der Waals surface area contributed by atoms with Crippen molar-refractivity contribution in [3.8, 4) is 11.5 Å². The van der Waals surface area contributed by atoms with Gasteiger partial charge in [0.05, 0.1) is 5.25 Å². The van der Waals surface area contributed by atoms with Gasteiger partial charge in [-0.1, -0.05) is 56.3 Å². The minimum atomic E-state index is -0.459. The van der Waals surface area contributed by atoms with Gasteiger partial charge in [-0.25, -0.2) is 0 Å². The average Bonchev–Trinajstić information content (AvgIpc) is 3.50. The van der Waals surface area contributed by atoms with Crippen LogP contribution < -0.4 is 25.4 Å². The summed E-state index contributed by atoms with van der Waals surface area (Å²) in [6.07, 6.45) is 1.66. The molecule has 0 aliphatic carbocycles. The zero-order chi connectivity index (χ0) is 31.1. The highest BCUT2D eigenvalue weighted by Gasteiger charge is 2.19. The fraction of sp³-hybridized carbons (Fsp3) is 0.171. The molecule has 1 unspecified atom stereocenters. The Kier molecular flexibility index (Phi) is 9.66. The summed E-state index contributed by atoms with van der Waals surface area (Å²) in [6.45, 7) is 6.22. The molecule has 224 valence electrons. The predicted octanol–water partition coefficient (Wildman–Crippen LogP) is 7.07. The van der Waals surface area contributed by atoms with Crippen molar-refractivity contribution in [3.63, 3.8) is 0 Å². The molecule has 0 saturated heterocycles. The summed E-state index contributed by atoms with van der Waals surface area (Å²) in [7, 11) is 0. The number of thioether (sulfide) groups is 1. The van der Waals surface area contributed by atoms with Crippen LogP contribution in [0.5, 0.6) is 11.5 Å². The molecule has 0 aromatic heterocycles. The van der Waals surface area contributed by atoms with Gasteiger partial charge in [0.1, 0.15) is 5.70 Å². The smallest absolute Gasteiger partial charge is 0.272 e. The van der Waals surface area contributed by atoms with Crippen LogP contribution in [0.25, 0.3) is 6.08 Å². The number of nitrogens with one attached hydrogen (secondary N) is 3. The normalized spacial score (nSPS) is 12.9. The van der Waals surface area contributed by atoms with E-state index in [4.69, 9.17) is 9.47 Å². The van der Waals surface area contributed by atoms with Gasteiger partial charge in [0.25, 0.3) is 11.8 Å². The van der Waals surface area contributed by atoms with E-state index in [-0.39, 0.29) is 29.6 Å². The Hall–Kier alpha value is -5.02. The van der Waals surface area contributed by atoms with E-state index in [1.54, 1.807) is 60.7 Å². The third-order valence-corrected chi connectivity index (χ3v) is 7.99. The van der Waals surface area contributed by atoms with Crippen molar-refractivity contribution in [3.05, 3.63) is 119 Å². The van der Waals surface area contributed by atoms with E-state index in [1.165, 1.54) is 17.3 Å². The summed E-state index contributed by atoms with van der Waals surface area (Å²) >= 11 is 1.39. The zero-order valence-corrected chi connectivity index (χ0v) is 25.4. The lowest BCUT2D eigenvalue weighted by molar-refractivity contribution is -0.115. The van der Waals surface area contributed by atoms with E-state index in [1.807, 2.05) is 49.4 Å². The standard InChI is InChI=1S/C35H33N3O5S/c1-22(2)25-11-9-24(10-12-25)19-30(38-34(40)26-7-5-4-6-8-26)35(41)36-27-13-16-29(17-14-27)44-23(3)33(39)37-28-15-18-31-32(20-28)43-21-42-31/h4-20,22-23H,21H2,1-3H3,(H,36,41)(H,37,39)(H,38,40)/b30-19-. The quantitative estimate of drug-likeness (QED) is 0.132. The Balaban J connectivity index is 1.24. The molecule has 1 aliphatic heterocycles. The van der Waals surface area contributed by atoms with Crippen LogP contribution in [0.4, 0.5) is 11.4 Å². The maximum Gasteiger partial charge on any atom is 0.272 e. The number of hydrogen-bond donors (Lipinski definition) is 3. The molecule has 44 heavy (non-hydrogen) atoms. The molecule has 4 aromatic carbocycles. The summed E-state index contributed by atoms with van der Waals surface area (Å²) < 4.78 is 10.7. The number of ether oxygens (including phenoxy) is 2. The van der Waals surface area contributed by atoms with Crippen molar-refractivity contribution in [2.75, 3.05) is 17.4 Å². The Morgan fingerprint density at radius 1 is 0.773 bits per heavy atom. The monoisotopic (exact) mass is 607 g/mol. The van der Waals surface area contributed by atoms with Gasteiger partial charge < -0.3 is 25.4 Å². The molecule has 0 spiro atoms. The summed E-state index contributed by atoms with van der Waals surface area (Å²) in [5.74, 6) is 0.630. The molecule has 0 radical (unpaired) electrons. The van der Waals surface area contributed by atoms with Crippen molar-refractivity contribution < 1.29 is 23.9 Å². The number of rotatable bonds is 10. The highest BCUT2D eigenvalue weighted by molar-refractivity contribution is 8.00. The second-order valence-corrected chi connectivity index (χ2v) is 11.9. The molecule has 8 nitrogen and oxygen atoms in total. The first-order valence-electron chi connectivity index (χ1n) is 14.2. The van der Waals surface area contributed by atoms with Crippen LogP contribution in [0.1, 0.15) is 48.2 Å². The Morgan fingerprint density at radius 3 is 2.16 bits per heavy atom. The molecule has 9 heteroatoms. The predicted molar refractivity (Wildman–Crippen MR) is 174 cm³/mol. The first kappa shape index (κ1) is 30.4. The van der Waals surface area contributed by atoms with E-state index in [9.17, 15) is 14.4 Å². The lowest BCUT2D eigenvalue weighted by Gasteiger charge is -2.14. The van der Waals surface area contributed by atoms with Crippen molar-refractivity contribution in [2.45, 2.75) is 36.8 Å². The van der Waals surface area contributed by atoms with Crippen LogP contribution in [0.2, 0.25) is 0 Å². The first-order chi connectivity index (χ1) is 21.2. The third-order valence-electron chi connectivity index (χ3n) is 6.88. The molecule has 0 fully saturated rings. The zero-order valence-electron chi connectivity index (χ0n) is 24.6. The van der Waals surface area contributed by atoms with Gasteiger partial charge in [-0.2, -0.15) is 0 Å². The molecular formula is C35H33N3O5S. The highest BCUT2D eigenvalue weighted by Crippen LogP contribution is 2.34. The summed E-state index contributed by atoms with van der Waals surface area (Å²) in [5, 5.41) is 8.16. The van der Waals surface area contributed by atoms with Gasteiger partial charge in [0.2, 0.25) is 12.7 Å². The fourth-order valence-corrected chi connectivity index (χ4v) is 5.24. The van der Waals surface area contributed by atoms with Crippen LogP contribution in [0.15, 0.2) is 108 Å². The van der Waals surface area contributed by atoms with E-state index in [0.717, 1.165) is 10.5 Å². The number of benzene rings is 4. The van der Waals surface area contributed by atoms with Gasteiger partial charge in [0, 0.05) is 27.9 Å². The molecule has 3 amide bonds. The van der Waals surface area contributed by atoms with Crippen LogP contribution in [-0.2, 0) is 9.59 Å². The van der Waals surface area contributed by atoms with Crippen molar-refractivity contribution in [1.29, 1.82) is 0 Å². The second-order valence-electron chi connectivity index (χ2n) is 10.5. The number of carbonyl (C=O) groups is 3. The molecule has 1 heterocycles. The van der Waals surface area contributed by atoms with Gasteiger partial charge in [-0.3, -0.25) is 14.4 Å². The molecule has 0 bridgehead atoms. The lowest BCUT2D eigenvalue weighted by atomic mass is 10.0. The lowest BCUT2D eigenvalue weighted by Crippen LogP contribution is -2.30.